The summed E-state index contributed by atoms with van der Waals surface area (Å²) < 4.78 is 35.4. The van der Waals surface area contributed by atoms with Crippen LogP contribution in [0.1, 0.15) is 12.0 Å². The molecule has 0 aliphatic rings. The maximum absolute atomic E-state index is 11.8. The minimum atomic E-state index is -3.52. The molecule has 0 saturated heterocycles. The fourth-order valence-electron chi connectivity index (χ4n) is 2.42. The first-order valence-electron chi connectivity index (χ1n) is 9.16. The Morgan fingerprint density at radius 3 is 2.19 bits per heavy atom. The molecule has 31 heavy (non-hydrogen) atoms. The smallest absolute Gasteiger partial charge is 0.325 e. The zero-order valence-corrected chi connectivity index (χ0v) is 17.8. The summed E-state index contributed by atoms with van der Waals surface area (Å²) in [6.07, 6.45) is 0.293. The van der Waals surface area contributed by atoms with E-state index in [1.807, 2.05) is 0 Å². The van der Waals surface area contributed by atoms with E-state index < -0.39 is 34.5 Å². The molecule has 10 nitrogen and oxygen atoms in total. The van der Waals surface area contributed by atoms with Crippen LogP contribution < -0.4 is 20.1 Å². The molecule has 2 rings (SSSR count). The van der Waals surface area contributed by atoms with Crippen LogP contribution in [0.4, 0.5) is 10.5 Å². The molecular weight excluding hydrogens is 426 g/mol. The van der Waals surface area contributed by atoms with Gasteiger partial charge in [0.05, 0.1) is 12.0 Å². The van der Waals surface area contributed by atoms with Crippen molar-refractivity contribution in [2.24, 2.45) is 0 Å². The number of anilines is 1. The minimum Gasteiger partial charge on any atom is -0.497 e. The number of benzene rings is 2. The summed E-state index contributed by atoms with van der Waals surface area (Å²) in [4.78, 5) is 35.5. The third-order valence-electron chi connectivity index (χ3n) is 4.09. The van der Waals surface area contributed by atoms with Crippen molar-refractivity contribution in [3.05, 3.63) is 54.1 Å². The number of methoxy groups -OCH3 is 1. The van der Waals surface area contributed by atoms with E-state index >= 15 is 0 Å². The number of carbonyl (C=O) groups excluding carboxylic acids is 3. The first kappa shape index (κ1) is 23.8. The van der Waals surface area contributed by atoms with Gasteiger partial charge in [0.15, 0.2) is 6.61 Å². The Morgan fingerprint density at radius 1 is 0.968 bits per heavy atom. The zero-order valence-electron chi connectivity index (χ0n) is 17.0. The van der Waals surface area contributed by atoms with E-state index in [0.717, 1.165) is 5.56 Å². The maximum atomic E-state index is 11.8. The Labute approximate surface area is 180 Å². The van der Waals surface area contributed by atoms with Gasteiger partial charge in [-0.1, -0.05) is 12.1 Å². The Morgan fingerprint density at radius 2 is 1.61 bits per heavy atom. The number of ether oxygens (including phenoxy) is 2. The molecule has 0 unspecified atom stereocenters. The zero-order chi connectivity index (χ0) is 22.9. The topological polar surface area (TPSA) is 140 Å². The van der Waals surface area contributed by atoms with Crippen LogP contribution in [-0.2, 0) is 30.8 Å². The first-order valence-corrected chi connectivity index (χ1v) is 10.6. The summed E-state index contributed by atoms with van der Waals surface area (Å²) in [5.74, 6) is -0.786. The lowest BCUT2D eigenvalue weighted by atomic mass is 10.1. The van der Waals surface area contributed by atoms with Gasteiger partial charge in [-0.15, -0.1) is 0 Å². The molecule has 0 aliphatic carbocycles. The molecular formula is C20H23N3O7S. The number of hydrogen-bond donors (Lipinski definition) is 3. The third-order valence-corrected chi connectivity index (χ3v) is 5.52. The number of imide groups is 1. The van der Waals surface area contributed by atoms with Gasteiger partial charge in [0.25, 0.3) is 5.91 Å². The largest absolute Gasteiger partial charge is 0.497 e. The number of sulfonamides is 1. The highest BCUT2D eigenvalue weighted by Gasteiger charge is 2.13. The van der Waals surface area contributed by atoms with Crippen LogP contribution in [0.25, 0.3) is 0 Å². The molecule has 2 aromatic carbocycles. The van der Waals surface area contributed by atoms with E-state index in [-0.39, 0.29) is 11.3 Å². The molecule has 0 aliphatic heterocycles. The molecule has 0 spiro atoms. The second-order valence-electron chi connectivity index (χ2n) is 6.24. The van der Waals surface area contributed by atoms with E-state index in [2.05, 4.69) is 15.4 Å². The number of hydrogen-bond acceptors (Lipinski definition) is 7. The van der Waals surface area contributed by atoms with Crippen molar-refractivity contribution in [1.29, 1.82) is 0 Å². The molecule has 2 aromatic rings. The van der Waals surface area contributed by atoms with Crippen LogP contribution in [0.15, 0.2) is 53.4 Å². The number of urea groups is 1. The van der Waals surface area contributed by atoms with Crippen molar-refractivity contribution < 1.29 is 32.3 Å². The van der Waals surface area contributed by atoms with Crippen LogP contribution >= 0.6 is 0 Å². The van der Waals surface area contributed by atoms with Crippen molar-refractivity contribution in [3.8, 4) is 5.75 Å². The quantitative estimate of drug-likeness (QED) is 0.492. The maximum Gasteiger partial charge on any atom is 0.325 e. The van der Waals surface area contributed by atoms with Gasteiger partial charge in [-0.25, -0.2) is 17.9 Å². The fourth-order valence-corrected chi connectivity index (χ4v) is 3.15. The third kappa shape index (κ3) is 7.72. The Hall–Kier alpha value is -3.44. The van der Waals surface area contributed by atoms with E-state index in [1.165, 1.54) is 26.3 Å². The lowest BCUT2D eigenvalue weighted by Gasteiger charge is -2.08. The number of esters is 1. The summed E-state index contributed by atoms with van der Waals surface area (Å²) in [6, 6.07) is 11.8. The number of nitrogens with one attached hydrogen (secondary N) is 3. The average Bonchev–Trinajstić information content (AvgIpc) is 2.77. The highest BCUT2D eigenvalue weighted by Crippen LogP contribution is 2.15. The van der Waals surface area contributed by atoms with Gasteiger partial charge in [0, 0.05) is 12.1 Å². The van der Waals surface area contributed by atoms with Gasteiger partial charge in [-0.2, -0.15) is 0 Å². The van der Waals surface area contributed by atoms with Crippen molar-refractivity contribution in [2.45, 2.75) is 17.7 Å². The summed E-state index contributed by atoms with van der Waals surface area (Å²) >= 11 is 0. The fraction of sp³-hybridized carbons (Fsp3) is 0.250. The molecule has 0 bridgehead atoms. The summed E-state index contributed by atoms with van der Waals surface area (Å²) in [7, 11) is -0.688. The van der Waals surface area contributed by atoms with Gasteiger partial charge >= 0.3 is 12.0 Å². The van der Waals surface area contributed by atoms with Gasteiger partial charge in [0.1, 0.15) is 5.75 Å². The molecule has 166 valence electrons. The van der Waals surface area contributed by atoms with E-state index in [0.29, 0.717) is 17.9 Å². The van der Waals surface area contributed by atoms with Crippen LogP contribution in [0.5, 0.6) is 5.75 Å². The van der Waals surface area contributed by atoms with Gasteiger partial charge in [-0.05, 0) is 55.4 Å². The second kappa shape index (κ2) is 11.1. The molecule has 0 heterocycles. The monoisotopic (exact) mass is 449 g/mol. The van der Waals surface area contributed by atoms with Crippen molar-refractivity contribution in [3.63, 3.8) is 0 Å². The predicted molar refractivity (Wildman–Crippen MR) is 112 cm³/mol. The summed E-state index contributed by atoms with van der Waals surface area (Å²) in [6.45, 7) is -0.603. The molecule has 3 amide bonds. The van der Waals surface area contributed by atoms with Crippen molar-refractivity contribution in [1.82, 2.24) is 10.0 Å². The normalized spacial score (nSPS) is 10.8. The Bertz CT molecular complexity index is 1020. The number of amides is 3. The molecule has 0 saturated carbocycles. The summed E-state index contributed by atoms with van der Waals surface area (Å²) in [5, 5.41) is 4.52. The van der Waals surface area contributed by atoms with E-state index in [4.69, 9.17) is 9.47 Å². The predicted octanol–water partition coefficient (Wildman–Crippen LogP) is 1.43. The molecule has 3 N–H and O–H groups in total. The number of rotatable bonds is 9. The highest BCUT2D eigenvalue weighted by atomic mass is 32.2. The molecule has 0 fully saturated rings. The summed E-state index contributed by atoms with van der Waals surface area (Å²) in [5.41, 5.74) is 1.19. The lowest BCUT2D eigenvalue weighted by molar-refractivity contribution is -0.148. The number of carbonyl (C=O) groups is 3. The Balaban J connectivity index is 1.71. The second-order valence-corrected chi connectivity index (χ2v) is 8.13. The van der Waals surface area contributed by atoms with Crippen molar-refractivity contribution >= 4 is 33.6 Å². The molecule has 0 radical (unpaired) electrons. The SMILES string of the molecule is CNS(=O)(=O)c1ccc(CCC(=O)OCC(=O)NC(=O)Nc2ccc(OC)cc2)cc1. The average molecular weight is 449 g/mol. The highest BCUT2D eigenvalue weighted by molar-refractivity contribution is 7.89. The van der Waals surface area contributed by atoms with E-state index in [1.54, 1.807) is 36.4 Å². The molecule has 0 aromatic heterocycles. The number of aryl methyl sites for hydroxylation is 1. The van der Waals surface area contributed by atoms with Crippen LogP contribution in [0, 0.1) is 0 Å². The van der Waals surface area contributed by atoms with Crippen LogP contribution in [-0.4, -0.2) is 47.1 Å². The lowest BCUT2D eigenvalue weighted by Crippen LogP contribution is -2.37. The van der Waals surface area contributed by atoms with E-state index in [9.17, 15) is 22.8 Å². The minimum absolute atomic E-state index is 0.0105. The Kier molecular flexibility index (Phi) is 8.53. The first-order chi connectivity index (χ1) is 14.7. The van der Waals surface area contributed by atoms with Crippen LogP contribution in [0.3, 0.4) is 0 Å². The van der Waals surface area contributed by atoms with Gasteiger partial charge < -0.3 is 14.8 Å². The van der Waals surface area contributed by atoms with Gasteiger partial charge in [0.2, 0.25) is 10.0 Å². The van der Waals surface area contributed by atoms with Crippen molar-refractivity contribution in [2.75, 3.05) is 26.1 Å². The standard InChI is InChI=1S/C20H23N3O7S/c1-21-31(27,28)17-10-3-14(4-11-17)5-12-19(25)30-13-18(24)23-20(26)22-15-6-8-16(29-2)9-7-15/h3-4,6-11,21H,5,12-13H2,1-2H3,(H2,22,23,24,26). The van der Waals surface area contributed by atoms with Crippen LogP contribution in [0.2, 0.25) is 0 Å². The molecule has 11 heteroatoms. The molecule has 0 atom stereocenters. The van der Waals surface area contributed by atoms with Gasteiger partial charge in [-0.3, -0.25) is 14.9 Å².